The van der Waals surface area contributed by atoms with Crippen molar-refractivity contribution in [2.45, 2.75) is 19.3 Å². The van der Waals surface area contributed by atoms with Gasteiger partial charge in [0.25, 0.3) is 0 Å². The standard InChI is InChI=1S/C5H9S.Au.ClH/c1-2-4-6-5-3-1;;/h4H,1-3,5H2;;1H/q-1;+1;/p-1. The maximum Gasteiger partial charge on any atom is 1.00 e. The normalized spacial score (nSPS) is 18.0. The van der Waals surface area contributed by atoms with Crippen molar-refractivity contribution in [1.29, 1.82) is 0 Å². The summed E-state index contributed by atoms with van der Waals surface area (Å²) in [5.74, 6) is 3.67. The fourth-order valence-corrected chi connectivity index (χ4v) is 1.45. The minimum atomic E-state index is 0. The molecule has 0 aliphatic carbocycles. The Morgan fingerprint density at radius 1 is 1.25 bits per heavy atom. The van der Waals surface area contributed by atoms with Crippen LogP contribution in [0, 0.1) is 5.75 Å². The molecule has 1 aliphatic rings. The van der Waals surface area contributed by atoms with Crippen molar-refractivity contribution in [3.63, 3.8) is 0 Å². The van der Waals surface area contributed by atoms with Crippen LogP contribution in [0.3, 0.4) is 0 Å². The topological polar surface area (TPSA) is 0 Å². The Morgan fingerprint density at radius 3 is 2.12 bits per heavy atom. The Hall–Kier alpha value is 1.38. The molecule has 54 valence electrons. The van der Waals surface area contributed by atoms with Gasteiger partial charge in [-0.1, -0.05) is 6.42 Å². The molecule has 0 aromatic carbocycles. The van der Waals surface area contributed by atoms with Gasteiger partial charge in [-0.25, -0.2) is 0 Å². The quantitative estimate of drug-likeness (QED) is 0.408. The molecule has 0 radical (unpaired) electrons. The van der Waals surface area contributed by atoms with Crippen LogP contribution in [-0.2, 0) is 22.4 Å². The molecule has 1 fully saturated rings. The molecule has 0 spiro atoms. The van der Waals surface area contributed by atoms with E-state index in [4.69, 9.17) is 0 Å². The molecule has 0 N–H and O–H groups in total. The number of hydrogen-bond donors (Lipinski definition) is 0. The van der Waals surface area contributed by atoms with Crippen molar-refractivity contribution >= 4 is 11.8 Å². The SMILES string of the molecule is [Au+].[CH-]1CCCCS1.[Cl-]. The van der Waals surface area contributed by atoms with Gasteiger partial charge in [0.15, 0.2) is 0 Å². The number of thioether (sulfide) groups is 1. The van der Waals surface area contributed by atoms with Crippen LogP contribution in [0.5, 0.6) is 0 Å². The Labute approximate surface area is 77.1 Å². The average molecular weight is 334 g/mol. The van der Waals surface area contributed by atoms with Crippen molar-refractivity contribution in [1.82, 2.24) is 0 Å². The van der Waals surface area contributed by atoms with E-state index in [0.29, 0.717) is 0 Å². The van der Waals surface area contributed by atoms with E-state index < -0.39 is 0 Å². The van der Waals surface area contributed by atoms with Crippen molar-refractivity contribution in [2.24, 2.45) is 0 Å². The molecule has 1 aliphatic heterocycles. The summed E-state index contributed by atoms with van der Waals surface area (Å²) in [7, 11) is 0. The number of halogens is 1. The van der Waals surface area contributed by atoms with Crippen LogP contribution >= 0.6 is 11.8 Å². The summed E-state index contributed by atoms with van der Waals surface area (Å²) < 4.78 is 0. The molecule has 0 nitrogen and oxygen atoms in total. The molecule has 8 heavy (non-hydrogen) atoms. The zero-order valence-corrected chi connectivity index (χ0v) is 8.23. The third kappa shape index (κ3) is 5.52. The first kappa shape index (κ1) is 12.1. The zero-order chi connectivity index (χ0) is 4.24. The molecule has 0 aromatic heterocycles. The predicted octanol–water partition coefficient (Wildman–Crippen LogP) is -0.933. The van der Waals surface area contributed by atoms with Crippen LogP contribution in [0.25, 0.3) is 0 Å². The Balaban J connectivity index is 0. The largest absolute Gasteiger partial charge is 1.00 e. The summed E-state index contributed by atoms with van der Waals surface area (Å²) in [6.07, 6.45) is 4.19. The first-order valence-corrected chi connectivity index (χ1v) is 3.48. The monoisotopic (exact) mass is 333 g/mol. The van der Waals surface area contributed by atoms with Gasteiger partial charge in [-0.05, 0) is 12.2 Å². The Morgan fingerprint density at radius 2 is 2.00 bits per heavy atom. The van der Waals surface area contributed by atoms with E-state index in [1.54, 1.807) is 0 Å². The summed E-state index contributed by atoms with van der Waals surface area (Å²) in [5.41, 5.74) is 0. The van der Waals surface area contributed by atoms with Gasteiger partial charge in [-0.3, -0.25) is 5.75 Å². The second-order valence-electron chi connectivity index (χ2n) is 1.53. The molecule has 1 rings (SSSR count). The van der Waals surface area contributed by atoms with Crippen molar-refractivity contribution in [3.05, 3.63) is 5.75 Å². The van der Waals surface area contributed by atoms with Crippen LogP contribution in [0.15, 0.2) is 0 Å². The Bertz CT molecular complexity index is 27.9. The van der Waals surface area contributed by atoms with Crippen molar-refractivity contribution in [2.75, 3.05) is 5.75 Å². The van der Waals surface area contributed by atoms with Crippen LogP contribution in [-0.4, -0.2) is 5.75 Å². The summed E-state index contributed by atoms with van der Waals surface area (Å²) >= 11 is 1.97. The van der Waals surface area contributed by atoms with Crippen LogP contribution in [0.4, 0.5) is 0 Å². The first-order valence-electron chi connectivity index (χ1n) is 2.43. The minimum Gasteiger partial charge on any atom is -1.00 e. The smallest absolute Gasteiger partial charge is 1.00 e. The van der Waals surface area contributed by atoms with E-state index in [-0.39, 0.29) is 34.8 Å². The molecule has 1 heterocycles. The third-order valence-corrected chi connectivity index (χ3v) is 1.95. The summed E-state index contributed by atoms with van der Waals surface area (Å²) in [6, 6.07) is 0. The van der Waals surface area contributed by atoms with Gasteiger partial charge in [0.05, 0.1) is 0 Å². The van der Waals surface area contributed by atoms with E-state index in [1.165, 1.54) is 25.0 Å². The second-order valence-corrected chi connectivity index (χ2v) is 2.61. The fraction of sp³-hybridized carbons (Fsp3) is 0.800. The van der Waals surface area contributed by atoms with E-state index >= 15 is 0 Å². The molecule has 1 saturated heterocycles. The summed E-state index contributed by atoms with van der Waals surface area (Å²) in [6.45, 7) is 0. The number of hydrogen-bond acceptors (Lipinski definition) is 1. The van der Waals surface area contributed by atoms with Gasteiger partial charge in [0.2, 0.25) is 0 Å². The predicted molar refractivity (Wildman–Crippen MR) is 30.6 cm³/mol. The van der Waals surface area contributed by atoms with E-state index in [0.717, 1.165) is 0 Å². The minimum absolute atomic E-state index is 0. The molecule has 3 heteroatoms. The maximum atomic E-state index is 2.31. The van der Waals surface area contributed by atoms with Crippen molar-refractivity contribution in [3.8, 4) is 0 Å². The number of rotatable bonds is 0. The van der Waals surface area contributed by atoms with Crippen molar-refractivity contribution < 1.29 is 34.8 Å². The molecular weight excluding hydrogens is 325 g/mol. The molecule has 0 atom stereocenters. The Kier molecular flexibility index (Phi) is 12.7. The van der Waals surface area contributed by atoms with Gasteiger partial charge >= 0.3 is 22.4 Å². The molecule has 0 bridgehead atoms. The zero-order valence-electron chi connectivity index (χ0n) is 4.49. The second kappa shape index (κ2) is 8.38. The fourth-order valence-electron chi connectivity index (χ4n) is 0.580. The van der Waals surface area contributed by atoms with E-state index in [2.05, 4.69) is 5.75 Å². The maximum absolute atomic E-state index is 2.31. The molecular formula is C5H9AuClS-. The third-order valence-electron chi connectivity index (χ3n) is 0.952. The molecule has 0 unspecified atom stereocenters. The van der Waals surface area contributed by atoms with Gasteiger partial charge in [-0.2, -0.15) is 6.42 Å². The van der Waals surface area contributed by atoms with Crippen LogP contribution in [0.1, 0.15) is 19.3 Å². The van der Waals surface area contributed by atoms with Gasteiger partial charge in [-0.15, -0.1) is 0 Å². The molecule has 0 amide bonds. The van der Waals surface area contributed by atoms with Crippen LogP contribution < -0.4 is 12.4 Å². The van der Waals surface area contributed by atoms with E-state index in [1.807, 2.05) is 11.8 Å². The first-order chi connectivity index (χ1) is 3.00. The van der Waals surface area contributed by atoms with E-state index in [9.17, 15) is 0 Å². The molecule has 0 saturated carbocycles. The summed E-state index contributed by atoms with van der Waals surface area (Å²) in [5, 5.41) is 0. The van der Waals surface area contributed by atoms with Crippen LogP contribution in [0.2, 0.25) is 0 Å². The molecule has 0 aromatic rings. The van der Waals surface area contributed by atoms with Gasteiger partial charge in [0, 0.05) is 0 Å². The summed E-state index contributed by atoms with van der Waals surface area (Å²) in [4.78, 5) is 0. The average Bonchev–Trinajstić information content (AvgIpc) is 1.72. The van der Waals surface area contributed by atoms with Gasteiger partial charge in [0.1, 0.15) is 0 Å². The van der Waals surface area contributed by atoms with Gasteiger partial charge < -0.3 is 24.2 Å².